The highest BCUT2D eigenvalue weighted by atomic mass is 16.5. The number of hydrogen-bond donors (Lipinski definition) is 2. The highest BCUT2D eigenvalue weighted by Crippen LogP contribution is 2.30. The molecule has 1 aliphatic carbocycles. The monoisotopic (exact) mass is 304 g/mol. The largest absolute Gasteiger partial charge is 0.493 e. The van der Waals surface area contributed by atoms with E-state index in [4.69, 9.17) is 9.47 Å². The average Bonchev–Trinajstić information content (AvgIpc) is 3.39. The molecule has 2 N–H and O–H groups in total. The molecule has 1 heterocycles. The van der Waals surface area contributed by atoms with Crippen molar-refractivity contribution in [2.24, 2.45) is 5.92 Å². The number of hydrogen-bond acceptors (Lipinski definition) is 4. The lowest BCUT2D eigenvalue weighted by molar-refractivity contribution is -0.140. The van der Waals surface area contributed by atoms with Crippen LogP contribution in [-0.2, 0) is 9.53 Å². The number of benzene rings is 1. The zero-order valence-electron chi connectivity index (χ0n) is 13.1. The van der Waals surface area contributed by atoms with E-state index in [0.717, 1.165) is 37.1 Å². The quantitative estimate of drug-likeness (QED) is 0.846. The molecule has 0 radical (unpaired) electrons. The fourth-order valence-electron chi connectivity index (χ4n) is 2.73. The van der Waals surface area contributed by atoms with Gasteiger partial charge in [-0.2, -0.15) is 0 Å². The summed E-state index contributed by atoms with van der Waals surface area (Å²) in [7, 11) is 1.61. The van der Waals surface area contributed by atoms with Crippen LogP contribution in [0, 0.1) is 5.92 Å². The van der Waals surface area contributed by atoms with E-state index in [1.54, 1.807) is 7.11 Å². The van der Waals surface area contributed by atoms with E-state index in [2.05, 4.69) is 10.6 Å². The first-order valence-electron chi connectivity index (χ1n) is 8.02. The van der Waals surface area contributed by atoms with Gasteiger partial charge in [0.05, 0.1) is 6.61 Å². The zero-order valence-corrected chi connectivity index (χ0v) is 13.1. The van der Waals surface area contributed by atoms with Crippen LogP contribution < -0.4 is 15.4 Å². The molecule has 0 atom stereocenters. The van der Waals surface area contributed by atoms with Crippen molar-refractivity contribution in [3.05, 3.63) is 24.3 Å². The van der Waals surface area contributed by atoms with Gasteiger partial charge in [0, 0.05) is 12.8 Å². The van der Waals surface area contributed by atoms with E-state index in [1.807, 2.05) is 24.3 Å². The molecule has 1 saturated carbocycles. The first-order valence-corrected chi connectivity index (χ1v) is 8.02. The first kappa shape index (κ1) is 15.3. The van der Waals surface area contributed by atoms with Crippen molar-refractivity contribution in [3.8, 4) is 5.75 Å². The van der Waals surface area contributed by atoms with Crippen molar-refractivity contribution in [3.63, 3.8) is 0 Å². The molecule has 1 aromatic carbocycles. The summed E-state index contributed by atoms with van der Waals surface area (Å²) >= 11 is 0. The molecule has 22 heavy (non-hydrogen) atoms. The summed E-state index contributed by atoms with van der Waals surface area (Å²) in [6, 6.07) is 7.56. The fourth-order valence-corrected chi connectivity index (χ4v) is 2.73. The summed E-state index contributed by atoms with van der Waals surface area (Å²) in [6.45, 7) is 2.40. The minimum atomic E-state index is -0.716. The molecule has 1 aromatic rings. The Morgan fingerprint density at radius 3 is 2.55 bits per heavy atom. The maximum Gasteiger partial charge on any atom is 0.256 e. The molecule has 2 fully saturated rings. The van der Waals surface area contributed by atoms with Crippen LogP contribution in [0.15, 0.2) is 24.3 Å². The Balaban J connectivity index is 1.57. The Kier molecular flexibility index (Phi) is 4.64. The van der Waals surface area contributed by atoms with Gasteiger partial charge in [-0.05, 0) is 69.0 Å². The molecule has 0 unspecified atom stereocenters. The van der Waals surface area contributed by atoms with Gasteiger partial charge >= 0.3 is 0 Å². The van der Waals surface area contributed by atoms with Crippen LogP contribution in [0.4, 0.5) is 5.69 Å². The molecular weight excluding hydrogens is 280 g/mol. The SMILES string of the molecule is COC1(C(=O)Nc2ccc(OCC3CC3)cc2)CCNCC1. The van der Waals surface area contributed by atoms with Crippen molar-refractivity contribution in [2.75, 3.05) is 32.1 Å². The van der Waals surface area contributed by atoms with E-state index in [9.17, 15) is 4.79 Å². The van der Waals surface area contributed by atoms with Gasteiger partial charge in [-0.3, -0.25) is 4.79 Å². The first-order chi connectivity index (χ1) is 10.7. The predicted molar refractivity (Wildman–Crippen MR) is 85.1 cm³/mol. The van der Waals surface area contributed by atoms with Gasteiger partial charge in [0.1, 0.15) is 11.4 Å². The number of piperidine rings is 1. The number of ether oxygens (including phenoxy) is 2. The van der Waals surface area contributed by atoms with Gasteiger partial charge < -0.3 is 20.1 Å². The van der Waals surface area contributed by atoms with Crippen LogP contribution in [0.2, 0.25) is 0 Å². The topological polar surface area (TPSA) is 59.6 Å². The normalized spacial score (nSPS) is 20.4. The fraction of sp³-hybridized carbons (Fsp3) is 0.588. The van der Waals surface area contributed by atoms with E-state index in [-0.39, 0.29) is 5.91 Å². The number of carbonyl (C=O) groups excluding carboxylic acids is 1. The summed E-state index contributed by atoms with van der Waals surface area (Å²) in [5.41, 5.74) is 0.0607. The zero-order chi connectivity index (χ0) is 15.4. The third-order valence-electron chi connectivity index (χ3n) is 4.51. The van der Waals surface area contributed by atoms with Crippen LogP contribution in [0.1, 0.15) is 25.7 Å². The van der Waals surface area contributed by atoms with E-state index >= 15 is 0 Å². The van der Waals surface area contributed by atoms with Gasteiger partial charge in [0.25, 0.3) is 5.91 Å². The molecule has 2 aliphatic rings. The lowest BCUT2D eigenvalue weighted by Gasteiger charge is -2.34. The van der Waals surface area contributed by atoms with Crippen molar-refractivity contribution in [1.82, 2.24) is 5.32 Å². The molecule has 120 valence electrons. The van der Waals surface area contributed by atoms with Crippen molar-refractivity contribution < 1.29 is 14.3 Å². The maximum absolute atomic E-state index is 12.5. The van der Waals surface area contributed by atoms with Gasteiger partial charge in [0.15, 0.2) is 0 Å². The third kappa shape index (κ3) is 3.59. The Morgan fingerprint density at radius 1 is 1.27 bits per heavy atom. The Labute approximate surface area is 131 Å². The molecular formula is C17H24N2O3. The maximum atomic E-state index is 12.5. The second kappa shape index (κ2) is 6.67. The molecule has 1 saturated heterocycles. The molecule has 0 bridgehead atoms. The van der Waals surface area contributed by atoms with Gasteiger partial charge in [-0.25, -0.2) is 0 Å². The third-order valence-corrected chi connectivity index (χ3v) is 4.51. The molecule has 1 aliphatic heterocycles. The average molecular weight is 304 g/mol. The number of anilines is 1. The van der Waals surface area contributed by atoms with Crippen molar-refractivity contribution >= 4 is 11.6 Å². The standard InChI is InChI=1S/C17H24N2O3/c1-21-17(8-10-18-11-9-17)16(20)19-14-4-6-15(7-5-14)22-12-13-2-3-13/h4-7,13,18H,2-3,8-12H2,1H3,(H,19,20). The number of carbonyl (C=O) groups is 1. The smallest absolute Gasteiger partial charge is 0.256 e. The van der Waals surface area contributed by atoms with Gasteiger partial charge in [0.2, 0.25) is 0 Å². The summed E-state index contributed by atoms with van der Waals surface area (Å²) in [6.07, 6.45) is 3.94. The van der Waals surface area contributed by atoms with E-state index in [1.165, 1.54) is 12.8 Å². The number of rotatable bonds is 6. The minimum absolute atomic E-state index is 0.0665. The molecule has 3 rings (SSSR count). The highest BCUT2D eigenvalue weighted by molar-refractivity contribution is 5.97. The molecule has 0 aromatic heterocycles. The van der Waals surface area contributed by atoms with Crippen LogP contribution >= 0.6 is 0 Å². The summed E-state index contributed by atoms with van der Waals surface area (Å²) in [4.78, 5) is 12.5. The van der Waals surface area contributed by atoms with Crippen LogP contribution in [0.5, 0.6) is 5.75 Å². The number of nitrogens with one attached hydrogen (secondary N) is 2. The molecule has 0 spiro atoms. The van der Waals surface area contributed by atoms with Crippen LogP contribution in [0.3, 0.4) is 0 Å². The molecule has 5 heteroatoms. The Morgan fingerprint density at radius 2 is 1.95 bits per heavy atom. The lowest BCUT2D eigenvalue weighted by atomic mass is 9.91. The second-order valence-electron chi connectivity index (χ2n) is 6.18. The van der Waals surface area contributed by atoms with Gasteiger partial charge in [-0.1, -0.05) is 0 Å². The van der Waals surface area contributed by atoms with Crippen molar-refractivity contribution in [1.29, 1.82) is 0 Å². The second-order valence-corrected chi connectivity index (χ2v) is 6.18. The Bertz CT molecular complexity index is 505. The van der Waals surface area contributed by atoms with E-state index < -0.39 is 5.60 Å². The van der Waals surface area contributed by atoms with Crippen molar-refractivity contribution in [2.45, 2.75) is 31.3 Å². The number of amides is 1. The summed E-state index contributed by atoms with van der Waals surface area (Å²) < 4.78 is 11.2. The molecule has 5 nitrogen and oxygen atoms in total. The summed E-state index contributed by atoms with van der Waals surface area (Å²) in [5, 5.41) is 6.21. The lowest BCUT2D eigenvalue weighted by Crippen LogP contribution is -2.51. The van der Waals surface area contributed by atoms with E-state index in [0.29, 0.717) is 12.8 Å². The minimum Gasteiger partial charge on any atom is -0.493 e. The number of methoxy groups -OCH3 is 1. The Hall–Kier alpha value is -1.59. The predicted octanol–water partition coefficient (Wildman–Crippen LogP) is 2.18. The van der Waals surface area contributed by atoms with Crippen LogP contribution in [-0.4, -0.2) is 38.3 Å². The highest BCUT2D eigenvalue weighted by Gasteiger charge is 2.39. The molecule has 1 amide bonds. The van der Waals surface area contributed by atoms with Crippen LogP contribution in [0.25, 0.3) is 0 Å². The van der Waals surface area contributed by atoms with Gasteiger partial charge in [-0.15, -0.1) is 0 Å². The summed E-state index contributed by atoms with van der Waals surface area (Å²) in [5.74, 6) is 1.53.